The zero-order chi connectivity index (χ0) is 15.0. The van der Waals surface area contributed by atoms with Crippen molar-refractivity contribution in [3.8, 4) is 5.75 Å². The van der Waals surface area contributed by atoms with Gasteiger partial charge in [-0.15, -0.1) is 0 Å². The van der Waals surface area contributed by atoms with Crippen LogP contribution >= 0.6 is 7.60 Å². The van der Waals surface area contributed by atoms with Crippen LogP contribution in [-0.4, -0.2) is 32.8 Å². The molecule has 5 nitrogen and oxygen atoms in total. The lowest BCUT2D eigenvalue weighted by molar-refractivity contribution is -0.117. The normalized spacial score (nSPS) is 12.9. The van der Waals surface area contributed by atoms with Crippen LogP contribution < -0.4 is 4.74 Å². The quantitative estimate of drug-likeness (QED) is 0.656. The van der Waals surface area contributed by atoms with Gasteiger partial charge in [0.25, 0.3) is 0 Å². The number of benzene rings is 1. The van der Waals surface area contributed by atoms with Gasteiger partial charge in [0.2, 0.25) is 0 Å². The first-order valence-electron chi connectivity index (χ1n) is 6.39. The Hall–Kier alpha value is -1.16. The Morgan fingerprint density at radius 2 is 1.80 bits per heavy atom. The Balaban J connectivity index is 2.37. The van der Waals surface area contributed by atoms with Crippen molar-refractivity contribution in [3.05, 3.63) is 30.3 Å². The maximum absolute atomic E-state index is 11.8. The molecule has 1 atom stereocenters. The minimum atomic E-state index is -3.26. The zero-order valence-electron chi connectivity index (χ0n) is 12.1. The van der Waals surface area contributed by atoms with Gasteiger partial charge in [-0.25, -0.2) is 0 Å². The molecule has 0 bridgehead atoms. The van der Waals surface area contributed by atoms with E-state index in [0.29, 0.717) is 6.61 Å². The van der Waals surface area contributed by atoms with Crippen molar-refractivity contribution in [1.29, 1.82) is 0 Å². The Kier molecular flexibility index (Phi) is 6.93. The highest BCUT2D eigenvalue weighted by molar-refractivity contribution is 7.54. The second-order valence-electron chi connectivity index (χ2n) is 4.61. The highest BCUT2D eigenvalue weighted by Crippen LogP contribution is 2.46. The molecule has 0 aliphatic rings. The number of hydrogen-bond donors (Lipinski definition) is 0. The summed E-state index contributed by atoms with van der Waals surface area (Å²) in [7, 11) is -0.706. The average Bonchev–Trinajstić information content (AvgIpc) is 2.46. The molecule has 0 amide bonds. The molecule has 1 aromatic carbocycles. The lowest BCUT2D eigenvalue weighted by atomic mass is 10.1. The second-order valence-corrected chi connectivity index (χ2v) is 6.87. The molecule has 0 aliphatic carbocycles. The first-order chi connectivity index (χ1) is 9.49. The predicted molar refractivity (Wildman–Crippen MR) is 77.2 cm³/mol. The summed E-state index contributed by atoms with van der Waals surface area (Å²) in [5.41, 5.74) is 0. The van der Waals surface area contributed by atoms with E-state index in [4.69, 9.17) is 13.8 Å². The molecule has 1 aromatic rings. The Labute approximate surface area is 119 Å². The van der Waals surface area contributed by atoms with Crippen LogP contribution in [0.1, 0.15) is 13.3 Å². The van der Waals surface area contributed by atoms with Crippen molar-refractivity contribution in [2.24, 2.45) is 5.92 Å². The minimum Gasteiger partial charge on any atom is -0.493 e. The third-order valence-corrected chi connectivity index (χ3v) is 4.63. The molecular formula is C14H21O5P. The fraction of sp³-hybridized carbons (Fsp3) is 0.500. The van der Waals surface area contributed by atoms with E-state index in [0.717, 1.165) is 5.75 Å². The van der Waals surface area contributed by atoms with Crippen molar-refractivity contribution in [2.45, 2.75) is 13.3 Å². The summed E-state index contributed by atoms with van der Waals surface area (Å²) in [5.74, 6) is 0.650. The maximum atomic E-state index is 11.8. The molecule has 0 aliphatic heterocycles. The maximum Gasteiger partial charge on any atom is 0.337 e. The molecule has 1 unspecified atom stereocenters. The van der Waals surface area contributed by atoms with Gasteiger partial charge in [-0.2, -0.15) is 0 Å². The number of hydrogen-bond acceptors (Lipinski definition) is 5. The van der Waals surface area contributed by atoms with E-state index in [-0.39, 0.29) is 24.3 Å². The van der Waals surface area contributed by atoms with Crippen molar-refractivity contribution in [1.82, 2.24) is 0 Å². The second kappa shape index (κ2) is 8.20. The number of para-hydroxylation sites is 1. The van der Waals surface area contributed by atoms with Crippen LogP contribution in [0.25, 0.3) is 0 Å². The number of ether oxygens (including phenoxy) is 1. The van der Waals surface area contributed by atoms with Crippen LogP contribution in [0.15, 0.2) is 30.3 Å². The van der Waals surface area contributed by atoms with Crippen LogP contribution in [0, 0.1) is 5.92 Å². The number of ketones is 1. The van der Waals surface area contributed by atoms with Crippen molar-refractivity contribution in [2.75, 3.05) is 27.0 Å². The number of carbonyl (C=O) groups excluding carboxylic acids is 1. The molecule has 0 saturated carbocycles. The summed E-state index contributed by atoms with van der Waals surface area (Å²) in [6.45, 7) is 2.34. The summed E-state index contributed by atoms with van der Waals surface area (Å²) in [5, 5.41) is 0. The lowest BCUT2D eigenvalue weighted by Crippen LogP contribution is -2.16. The van der Waals surface area contributed by atoms with Crippen LogP contribution in [0.4, 0.5) is 0 Å². The van der Waals surface area contributed by atoms with Gasteiger partial charge in [-0.1, -0.05) is 25.1 Å². The molecule has 20 heavy (non-hydrogen) atoms. The summed E-state index contributed by atoms with van der Waals surface area (Å²) >= 11 is 0. The number of rotatable bonds is 9. The molecule has 6 heteroatoms. The monoisotopic (exact) mass is 300 g/mol. The van der Waals surface area contributed by atoms with E-state index in [2.05, 4.69) is 0 Å². The van der Waals surface area contributed by atoms with Crippen molar-refractivity contribution < 1.29 is 23.1 Å². The molecule has 112 valence electrons. The van der Waals surface area contributed by atoms with Gasteiger partial charge in [0.05, 0.1) is 6.61 Å². The molecule has 0 fully saturated rings. The van der Waals surface area contributed by atoms with Crippen LogP contribution in [0.3, 0.4) is 0 Å². The van der Waals surface area contributed by atoms with E-state index < -0.39 is 7.60 Å². The third kappa shape index (κ3) is 5.87. The van der Waals surface area contributed by atoms with Crippen LogP contribution in [-0.2, 0) is 18.4 Å². The molecule has 1 rings (SSSR count). The molecular weight excluding hydrogens is 279 g/mol. The van der Waals surface area contributed by atoms with Gasteiger partial charge < -0.3 is 13.8 Å². The summed E-state index contributed by atoms with van der Waals surface area (Å²) in [6, 6.07) is 9.40. The van der Waals surface area contributed by atoms with E-state index in [1.807, 2.05) is 37.3 Å². The Morgan fingerprint density at radius 1 is 1.20 bits per heavy atom. The number of Topliss-reactive ketones (excluding diaryl/α,β-unsaturated/α-hetero) is 1. The topological polar surface area (TPSA) is 61.8 Å². The smallest absolute Gasteiger partial charge is 0.337 e. The summed E-state index contributed by atoms with van der Waals surface area (Å²) in [4.78, 5) is 11.8. The van der Waals surface area contributed by atoms with Crippen molar-refractivity contribution in [3.63, 3.8) is 0 Å². The van der Waals surface area contributed by atoms with Crippen LogP contribution in [0.2, 0.25) is 0 Å². The van der Waals surface area contributed by atoms with E-state index >= 15 is 0 Å². The van der Waals surface area contributed by atoms with Crippen LogP contribution in [0.5, 0.6) is 5.75 Å². The van der Waals surface area contributed by atoms with Gasteiger partial charge in [0.1, 0.15) is 17.7 Å². The lowest BCUT2D eigenvalue weighted by Gasteiger charge is -2.15. The highest BCUT2D eigenvalue weighted by Gasteiger charge is 2.26. The molecule has 0 radical (unpaired) electrons. The summed E-state index contributed by atoms with van der Waals surface area (Å²) in [6.07, 6.45) is 0.0826. The van der Waals surface area contributed by atoms with Crippen molar-refractivity contribution >= 4 is 13.4 Å². The van der Waals surface area contributed by atoms with E-state index in [1.54, 1.807) is 0 Å². The Morgan fingerprint density at radius 3 is 2.35 bits per heavy atom. The van der Waals surface area contributed by atoms with Gasteiger partial charge >= 0.3 is 7.60 Å². The fourth-order valence-electron chi connectivity index (χ4n) is 1.69. The van der Waals surface area contributed by atoms with Gasteiger partial charge in [0, 0.05) is 20.6 Å². The fourth-order valence-corrected chi connectivity index (χ4v) is 2.66. The standard InChI is InChI=1S/C14H21O5P/c1-12(10-19-14-7-5-4-6-8-14)9-13(15)11-20(16,17-2)18-3/h4-8,12H,9-11H2,1-3H3. The molecule has 0 N–H and O–H groups in total. The minimum absolute atomic E-state index is 0.0323. The third-order valence-electron chi connectivity index (χ3n) is 2.78. The van der Waals surface area contributed by atoms with Gasteiger partial charge in [-0.05, 0) is 18.1 Å². The van der Waals surface area contributed by atoms with E-state index in [9.17, 15) is 9.36 Å². The number of carbonyl (C=O) groups is 1. The molecule has 0 spiro atoms. The van der Waals surface area contributed by atoms with Gasteiger partial charge in [-0.3, -0.25) is 9.36 Å². The largest absolute Gasteiger partial charge is 0.493 e. The first kappa shape index (κ1) is 16.9. The molecule has 0 saturated heterocycles. The molecule has 0 aromatic heterocycles. The summed E-state index contributed by atoms with van der Waals surface area (Å²) < 4.78 is 26.9. The van der Waals surface area contributed by atoms with Gasteiger partial charge in [0.15, 0.2) is 0 Å². The molecule has 0 heterocycles. The average molecular weight is 300 g/mol. The highest BCUT2D eigenvalue weighted by atomic mass is 31.2. The Bertz CT molecular complexity index is 452. The predicted octanol–water partition coefficient (Wildman–Crippen LogP) is 3.15. The zero-order valence-corrected chi connectivity index (χ0v) is 13.0. The first-order valence-corrected chi connectivity index (χ1v) is 8.12. The SMILES string of the molecule is COP(=O)(CC(=O)CC(C)COc1ccccc1)OC. The van der Waals surface area contributed by atoms with E-state index in [1.165, 1.54) is 14.2 Å².